The Balaban J connectivity index is 1.70. The second-order valence-electron chi connectivity index (χ2n) is 6.37. The van der Waals surface area contributed by atoms with E-state index in [2.05, 4.69) is 0 Å². The number of halogens is 2. The van der Waals surface area contributed by atoms with Crippen LogP contribution in [0.25, 0.3) is 0 Å². The highest BCUT2D eigenvalue weighted by Crippen LogP contribution is 2.55. The summed E-state index contributed by atoms with van der Waals surface area (Å²) in [6.07, 6.45) is 6.28. The summed E-state index contributed by atoms with van der Waals surface area (Å²) in [5, 5.41) is 0. The number of hydrogen-bond acceptors (Lipinski definition) is 1. The molecule has 1 nitrogen and oxygen atoms in total. The fourth-order valence-corrected chi connectivity index (χ4v) is 4.40. The highest BCUT2D eigenvalue weighted by molar-refractivity contribution is 5.05. The van der Waals surface area contributed by atoms with Crippen molar-refractivity contribution in [1.82, 2.24) is 0 Å². The summed E-state index contributed by atoms with van der Waals surface area (Å²) in [5.74, 6) is -0.289. The molecule has 0 aromatic rings. The molecule has 0 radical (unpaired) electrons. The van der Waals surface area contributed by atoms with Gasteiger partial charge in [0, 0.05) is 18.4 Å². The molecule has 0 spiro atoms. The van der Waals surface area contributed by atoms with Crippen molar-refractivity contribution < 1.29 is 8.78 Å². The van der Waals surface area contributed by atoms with Crippen LogP contribution in [0.5, 0.6) is 0 Å². The van der Waals surface area contributed by atoms with E-state index in [1.54, 1.807) is 0 Å². The summed E-state index contributed by atoms with van der Waals surface area (Å²) in [5.41, 5.74) is 6.18. The van der Waals surface area contributed by atoms with Crippen LogP contribution in [-0.2, 0) is 0 Å². The molecular weight excluding hydrogens is 208 g/mol. The average Bonchev–Trinajstić information content (AvgIpc) is 2.85. The van der Waals surface area contributed by atoms with Crippen LogP contribution in [0.2, 0.25) is 0 Å². The maximum Gasteiger partial charge on any atom is 0.248 e. The topological polar surface area (TPSA) is 26.0 Å². The van der Waals surface area contributed by atoms with Gasteiger partial charge in [-0.05, 0) is 49.9 Å². The van der Waals surface area contributed by atoms with Crippen molar-refractivity contribution in [3.63, 3.8) is 0 Å². The molecule has 2 bridgehead atoms. The first-order chi connectivity index (χ1) is 7.49. The molecule has 0 aromatic carbocycles. The molecule has 0 saturated heterocycles. The molecule has 16 heavy (non-hydrogen) atoms. The summed E-state index contributed by atoms with van der Waals surface area (Å²) in [6.45, 7) is 0. The SMILES string of the molecule is NC1(C2CC3CCC2C3)CCC(F)(F)CC1. The van der Waals surface area contributed by atoms with E-state index in [9.17, 15) is 8.78 Å². The minimum atomic E-state index is -2.44. The predicted molar refractivity (Wildman–Crippen MR) is 59.3 cm³/mol. The van der Waals surface area contributed by atoms with Crippen LogP contribution in [0.15, 0.2) is 0 Å². The van der Waals surface area contributed by atoms with Crippen LogP contribution in [0.1, 0.15) is 51.4 Å². The standard InChI is InChI=1S/C13H21F2N/c14-13(15)5-3-12(16,4-6-13)11-8-9-1-2-10(11)7-9/h9-11H,1-8,16H2. The van der Waals surface area contributed by atoms with Gasteiger partial charge in [-0.2, -0.15) is 0 Å². The van der Waals surface area contributed by atoms with Gasteiger partial charge in [-0.1, -0.05) is 6.42 Å². The Kier molecular flexibility index (Phi) is 2.33. The van der Waals surface area contributed by atoms with E-state index in [1.807, 2.05) is 0 Å². The van der Waals surface area contributed by atoms with E-state index >= 15 is 0 Å². The maximum atomic E-state index is 13.2. The number of nitrogens with two attached hydrogens (primary N) is 1. The minimum absolute atomic E-state index is 0.0113. The number of hydrogen-bond donors (Lipinski definition) is 1. The smallest absolute Gasteiger partial charge is 0.248 e. The average molecular weight is 229 g/mol. The molecule has 3 atom stereocenters. The van der Waals surface area contributed by atoms with Crippen LogP contribution in [0, 0.1) is 17.8 Å². The summed E-state index contributed by atoms with van der Waals surface area (Å²) < 4.78 is 26.3. The Hall–Kier alpha value is -0.180. The van der Waals surface area contributed by atoms with Gasteiger partial charge in [0.05, 0.1) is 0 Å². The second kappa shape index (κ2) is 3.41. The molecule has 0 aliphatic heterocycles. The highest BCUT2D eigenvalue weighted by atomic mass is 19.3. The first kappa shape index (κ1) is 10.9. The monoisotopic (exact) mass is 229 g/mol. The second-order valence-corrected chi connectivity index (χ2v) is 6.37. The molecule has 3 aliphatic rings. The summed E-state index contributed by atoms with van der Waals surface area (Å²) >= 11 is 0. The Labute approximate surface area is 95.8 Å². The van der Waals surface area contributed by atoms with Crippen LogP contribution in [-0.4, -0.2) is 11.5 Å². The van der Waals surface area contributed by atoms with Crippen LogP contribution in [0.3, 0.4) is 0 Å². The molecule has 3 aliphatic carbocycles. The third-order valence-corrected chi connectivity index (χ3v) is 5.39. The van der Waals surface area contributed by atoms with Crippen molar-refractivity contribution in [1.29, 1.82) is 0 Å². The van der Waals surface area contributed by atoms with Gasteiger partial charge in [0.15, 0.2) is 0 Å². The van der Waals surface area contributed by atoms with Crippen LogP contribution < -0.4 is 5.73 Å². The van der Waals surface area contributed by atoms with Crippen molar-refractivity contribution in [2.75, 3.05) is 0 Å². The van der Waals surface area contributed by atoms with Crippen molar-refractivity contribution in [3.8, 4) is 0 Å². The molecular formula is C13H21F2N. The fourth-order valence-electron chi connectivity index (χ4n) is 4.40. The van der Waals surface area contributed by atoms with Crippen LogP contribution >= 0.6 is 0 Å². The van der Waals surface area contributed by atoms with Crippen molar-refractivity contribution in [3.05, 3.63) is 0 Å². The first-order valence-corrected chi connectivity index (χ1v) is 6.65. The molecule has 2 N–H and O–H groups in total. The summed E-state index contributed by atoms with van der Waals surface area (Å²) in [6, 6.07) is 0. The van der Waals surface area contributed by atoms with Gasteiger partial charge in [0.1, 0.15) is 0 Å². The molecule has 0 aromatic heterocycles. The van der Waals surface area contributed by atoms with E-state index in [0.29, 0.717) is 18.8 Å². The third kappa shape index (κ3) is 1.68. The van der Waals surface area contributed by atoms with Gasteiger partial charge >= 0.3 is 0 Å². The van der Waals surface area contributed by atoms with E-state index in [-0.39, 0.29) is 18.4 Å². The molecule has 92 valence electrons. The molecule has 3 rings (SSSR count). The minimum Gasteiger partial charge on any atom is -0.325 e. The van der Waals surface area contributed by atoms with E-state index in [4.69, 9.17) is 5.73 Å². The molecule has 0 heterocycles. The molecule has 0 amide bonds. The lowest BCUT2D eigenvalue weighted by atomic mass is 9.67. The molecule has 3 heteroatoms. The Bertz CT molecular complexity index is 280. The summed E-state index contributed by atoms with van der Waals surface area (Å²) in [7, 11) is 0. The number of fused-ring (bicyclic) bond motifs is 2. The summed E-state index contributed by atoms with van der Waals surface area (Å²) in [4.78, 5) is 0. The van der Waals surface area contributed by atoms with E-state index in [1.165, 1.54) is 25.7 Å². The van der Waals surface area contributed by atoms with Gasteiger partial charge in [-0.15, -0.1) is 0 Å². The number of alkyl halides is 2. The normalized spacial score (nSPS) is 44.8. The lowest BCUT2D eigenvalue weighted by Gasteiger charge is -2.44. The lowest BCUT2D eigenvalue weighted by molar-refractivity contribution is -0.0625. The third-order valence-electron chi connectivity index (χ3n) is 5.39. The largest absolute Gasteiger partial charge is 0.325 e. The van der Waals surface area contributed by atoms with E-state index < -0.39 is 5.92 Å². The fraction of sp³-hybridized carbons (Fsp3) is 1.00. The Morgan fingerprint density at radius 3 is 2.12 bits per heavy atom. The maximum absolute atomic E-state index is 13.2. The zero-order valence-corrected chi connectivity index (χ0v) is 9.72. The Morgan fingerprint density at radius 2 is 1.62 bits per heavy atom. The molecule has 3 fully saturated rings. The van der Waals surface area contributed by atoms with Gasteiger partial charge in [0.2, 0.25) is 5.92 Å². The van der Waals surface area contributed by atoms with Gasteiger partial charge in [-0.25, -0.2) is 8.78 Å². The van der Waals surface area contributed by atoms with Crippen molar-refractivity contribution >= 4 is 0 Å². The lowest BCUT2D eigenvalue weighted by Crippen LogP contribution is -2.53. The predicted octanol–water partition coefficient (Wildman–Crippen LogP) is 3.33. The molecule has 3 saturated carbocycles. The molecule has 3 unspecified atom stereocenters. The van der Waals surface area contributed by atoms with Gasteiger partial charge in [-0.3, -0.25) is 0 Å². The van der Waals surface area contributed by atoms with Crippen LogP contribution in [0.4, 0.5) is 8.78 Å². The van der Waals surface area contributed by atoms with Gasteiger partial charge < -0.3 is 5.73 Å². The zero-order chi connectivity index (χ0) is 11.4. The quantitative estimate of drug-likeness (QED) is 0.733. The Morgan fingerprint density at radius 1 is 0.938 bits per heavy atom. The van der Waals surface area contributed by atoms with Crippen molar-refractivity contribution in [2.24, 2.45) is 23.5 Å². The highest BCUT2D eigenvalue weighted by Gasteiger charge is 2.52. The zero-order valence-electron chi connectivity index (χ0n) is 9.72. The van der Waals surface area contributed by atoms with E-state index in [0.717, 1.165) is 11.8 Å². The van der Waals surface area contributed by atoms with Gasteiger partial charge in [0.25, 0.3) is 0 Å². The van der Waals surface area contributed by atoms with Crippen molar-refractivity contribution in [2.45, 2.75) is 62.8 Å². The first-order valence-electron chi connectivity index (χ1n) is 6.65. The number of rotatable bonds is 1.